The summed E-state index contributed by atoms with van der Waals surface area (Å²) in [7, 11) is 0. The summed E-state index contributed by atoms with van der Waals surface area (Å²) in [5, 5.41) is 3.15. The Hall–Kier alpha value is -2.75. The lowest BCUT2D eigenvalue weighted by Crippen LogP contribution is -2.54. The molecule has 1 N–H and O–H groups in total. The number of alkyl halides is 3. The van der Waals surface area contributed by atoms with Crippen molar-refractivity contribution in [2.24, 2.45) is 11.8 Å². The van der Waals surface area contributed by atoms with E-state index in [0.29, 0.717) is 29.8 Å². The zero-order chi connectivity index (χ0) is 25.9. The molecule has 1 unspecified atom stereocenters. The van der Waals surface area contributed by atoms with Crippen LogP contribution >= 0.6 is 0 Å². The number of nitrogens with zero attached hydrogens (tertiary/aromatic N) is 3. The molecule has 0 amide bonds. The second-order valence-corrected chi connectivity index (χ2v) is 9.99. The number of hydrogen-bond donors (Lipinski definition) is 1. The molecule has 7 nitrogen and oxygen atoms in total. The van der Waals surface area contributed by atoms with Crippen LogP contribution in [0.2, 0.25) is 0 Å². The maximum atomic E-state index is 13.1. The fraction of sp³-hybridized carbons (Fsp3) is 0.615. The normalized spacial score (nSPS) is 22.1. The predicted octanol–water partition coefficient (Wildman–Crippen LogP) is 4.85. The van der Waals surface area contributed by atoms with Crippen LogP contribution in [0.5, 0.6) is 0 Å². The lowest BCUT2D eigenvalue weighted by Gasteiger charge is -2.47. The minimum absolute atomic E-state index is 0.00441. The van der Waals surface area contributed by atoms with E-state index in [9.17, 15) is 22.8 Å². The zero-order valence-corrected chi connectivity index (χ0v) is 20.7. The summed E-state index contributed by atoms with van der Waals surface area (Å²) in [6, 6.07) is 3.81. The van der Waals surface area contributed by atoms with Crippen molar-refractivity contribution in [2.45, 2.75) is 70.7 Å². The number of likely N-dealkylation sites (tertiary alicyclic amines) is 1. The third-order valence-electron chi connectivity index (χ3n) is 7.42. The molecule has 2 aromatic rings. The molecule has 2 heterocycles. The van der Waals surface area contributed by atoms with Gasteiger partial charge in [-0.15, -0.1) is 0 Å². The number of benzene rings is 1. The third-order valence-corrected chi connectivity index (χ3v) is 7.42. The molecule has 2 aliphatic rings. The second-order valence-electron chi connectivity index (χ2n) is 9.99. The molecule has 36 heavy (non-hydrogen) atoms. The maximum absolute atomic E-state index is 13.1. The Morgan fingerprint density at radius 1 is 1.17 bits per heavy atom. The highest BCUT2D eigenvalue weighted by Gasteiger charge is 2.37. The van der Waals surface area contributed by atoms with Gasteiger partial charge in [0.05, 0.1) is 17.6 Å². The summed E-state index contributed by atoms with van der Waals surface area (Å²) in [4.78, 5) is 34.4. The van der Waals surface area contributed by atoms with E-state index < -0.39 is 11.7 Å². The first-order valence-electron chi connectivity index (χ1n) is 12.6. The van der Waals surface area contributed by atoms with E-state index in [0.717, 1.165) is 57.3 Å². The number of carbonyl (C=O) groups is 2. The van der Waals surface area contributed by atoms with E-state index in [4.69, 9.17) is 4.74 Å². The van der Waals surface area contributed by atoms with Crippen molar-refractivity contribution in [3.63, 3.8) is 0 Å². The van der Waals surface area contributed by atoms with Crippen molar-refractivity contribution in [1.82, 2.24) is 14.9 Å². The summed E-state index contributed by atoms with van der Waals surface area (Å²) in [5.74, 6) is 0.734. The molecule has 1 aromatic heterocycles. The molecule has 4 rings (SSSR count). The number of hydrogen-bond acceptors (Lipinski definition) is 7. The Balaban J connectivity index is 1.22. The van der Waals surface area contributed by atoms with Gasteiger partial charge in [-0.1, -0.05) is 6.92 Å². The molecule has 1 saturated carbocycles. The summed E-state index contributed by atoms with van der Waals surface area (Å²) < 4.78 is 44.8. The largest absolute Gasteiger partial charge is 0.462 e. The summed E-state index contributed by atoms with van der Waals surface area (Å²) in [6.07, 6.45) is 2.32. The quantitative estimate of drug-likeness (QED) is 0.487. The number of Topliss-reactive ketones (excluding diaryl/α,β-unsaturated/α-hetero) is 1. The molecule has 0 radical (unpaired) electrons. The van der Waals surface area contributed by atoms with Crippen LogP contribution in [0.4, 0.5) is 19.0 Å². The van der Waals surface area contributed by atoms with Gasteiger partial charge in [-0.25, -0.2) is 9.97 Å². The molecule has 10 heteroatoms. The van der Waals surface area contributed by atoms with E-state index in [1.54, 1.807) is 0 Å². The van der Waals surface area contributed by atoms with Gasteiger partial charge in [0.15, 0.2) is 5.78 Å². The first-order valence-corrected chi connectivity index (χ1v) is 12.6. The fourth-order valence-corrected chi connectivity index (χ4v) is 5.55. The topological polar surface area (TPSA) is 84.4 Å². The van der Waals surface area contributed by atoms with Gasteiger partial charge in [0.1, 0.15) is 18.2 Å². The van der Waals surface area contributed by atoms with Gasteiger partial charge in [0.2, 0.25) is 0 Å². The molecule has 2 fully saturated rings. The summed E-state index contributed by atoms with van der Waals surface area (Å²) >= 11 is 0. The zero-order valence-electron chi connectivity index (χ0n) is 20.7. The highest BCUT2D eigenvalue weighted by Crippen LogP contribution is 2.36. The van der Waals surface area contributed by atoms with Crippen LogP contribution in [0.1, 0.15) is 57.9 Å². The number of rotatable bonds is 9. The molecule has 196 valence electrons. The van der Waals surface area contributed by atoms with Crippen LogP contribution < -0.4 is 5.32 Å². The lowest BCUT2D eigenvalue weighted by atomic mass is 9.79. The van der Waals surface area contributed by atoms with Gasteiger partial charge >= 0.3 is 12.1 Å². The molecule has 1 aromatic carbocycles. The van der Waals surface area contributed by atoms with E-state index in [2.05, 4.69) is 27.1 Å². The highest BCUT2D eigenvalue weighted by molar-refractivity contribution is 5.91. The lowest BCUT2D eigenvalue weighted by molar-refractivity contribution is -0.150. The van der Waals surface area contributed by atoms with Crippen molar-refractivity contribution < 1.29 is 27.5 Å². The van der Waals surface area contributed by atoms with Gasteiger partial charge in [-0.2, -0.15) is 13.2 Å². The fourth-order valence-electron chi connectivity index (χ4n) is 5.55. The molecule has 1 aliphatic heterocycles. The first-order chi connectivity index (χ1) is 17.1. The average molecular weight is 507 g/mol. The van der Waals surface area contributed by atoms with E-state index in [1.807, 2.05) is 0 Å². The Bertz CT molecular complexity index is 1080. The number of ether oxygens (including phenoxy) is 1. The maximum Gasteiger partial charge on any atom is 0.416 e. The van der Waals surface area contributed by atoms with Crippen LogP contribution in [0.3, 0.4) is 0 Å². The smallest absolute Gasteiger partial charge is 0.416 e. The van der Waals surface area contributed by atoms with Crippen LogP contribution in [-0.4, -0.2) is 58.4 Å². The summed E-state index contributed by atoms with van der Waals surface area (Å²) in [6.45, 7) is 5.29. The number of anilines is 1. The Kier molecular flexibility index (Phi) is 8.12. The van der Waals surface area contributed by atoms with Crippen LogP contribution in [0, 0.1) is 11.8 Å². The van der Waals surface area contributed by atoms with Crippen molar-refractivity contribution in [2.75, 3.05) is 25.0 Å². The van der Waals surface area contributed by atoms with Gasteiger partial charge in [0.25, 0.3) is 0 Å². The number of carbonyl (C=O) groups excluding carboxylic acids is 2. The van der Waals surface area contributed by atoms with Crippen molar-refractivity contribution in [1.29, 1.82) is 0 Å². The van der Waals surface area contributed by atoms with Crippen LogP contribution in [-0.2, 0) is 20.5 Å². The van der Waals surface area contributed by atoms with E-state index in [-0.39, 0.29) is 35.6 Å². The molecule has 0 bridgehead atoms. The number of ketones is 1. The minimum atomic E-state index is -4.47. The number of halogens is 3. The SMILES string of the molecule is CCC(OC(C)=O)C1CCC(N2CC(CC(=O)CNc3ncnc4ccc(C(F)(F)F)cc34)C2)CC1. The third kappa shape index (κ3) is 6.32. The van der Waals surface area contributed by atoms with E-state index >= 15 is 0 Å². The monoisotopic (exact) mass is 506 g/mol. The number of esters is 1. The standard InChI is InChI=1S/C26H33F3N4O3/c1-3-24(36-16(2)34)18-4-7-20(8-5-18)33-13-17(14-33)10-21(35)12-30-25-22-11-19(26(27,28)29)6-9-23(22)31-15-32-25/h6,9,11,15,17-18,20,24H,3-5,7-8,10,12-14H2,1-2H3,(H,30,31,32). The Labute approximate surface area is 208 Å². The number of aromatic nitrogens is 2. The van der Waals surface area contributed by atoms with Crippen molar-refractivity contribution in [3.8, 4) is 0 Å². The van der Waals surface area contributed by atoms with Gasteiger partial charge in [0, 0.05) is 37.9 Å². The molecule has 1 atom stereocenters. The molecule has 1 aliphatic carbocycles. The predicted molar refractivity (Wildman–Crippen MR) is 129 cm³/mol. The Morgan fingerprint density at radius 3 is 2.53 bits per heavy atom. The summed E-state index contributed by atoms with van der Waals surface area (Å²) in [5.41, 5.74) is -0.394. The van der Waals surface area contributed by atoms with Crippen molar-refractivity contribution in [3.05, 3.63) is 30.1 Å². The molecular formula is C26H33F3N4O3. The molecule has 0 spiro atoms. The number of nitrogens with one attached hydrogen (secondary N) is 1. The van der Waals surface area contributed by atoms with Crippen LogP contribution in [0.15, 0.2) is 24.5 Å². The molecule has 1 saturated heterocycles. The van der Waals surface area contributed by atoms with Crippen molar-refractivity contribution >= 4 is 28.5 Å². The van der Waals surface area contributed by atoms with Gasteiger partial charge in [-0.3, -0.25) is 14.5 Å². The van der Waals surface area contributed by atoms with Crippen LogP contribution in [0.25, 0.3) is 10.9 Å². The Morgan fingerprint density at radius 2 is 1.89 bits per heavy atom. The van der Waals surface area contributed by atoms with Gasteiger partial charge in [-0.05, 0) is 62.1 Å². The van der Waals surface area contributed by atoms with E-state index in [1.165, 1.54) is 19.3 Å². The average Bonchev–Trinajstić information content (AvgIpc) is 2.82. The number of fused-ring (bicyclic) bond motifs is 1. The molecular weight excluding hydrogens is 473 g/mol. The second kappa shape index (κ2) is 11.1. The van der Waals surface area contributed by atoms with Gasteiger partial charge < -0.3 is 10.1 Å². The highest BCUT2D eigenvalue weighted by atomic mass is 19.4. The minimum Gasteiger partial charge on any atom is -0.462 e. The first kappa shape index (κ1) is 26.3.